The van der Waals surface area contributed by atoms with Gasteiger partial charge in [0.15, 0.2) is 0 Å². The third-order valence-corrected chi connectivity index (χ3v) is 4.20. The van der Waals surface area contributed by atoms with E-state index in [1.165, 1.54) is 0 Å². The smallest absolute Gasteiger partial charge is 0.261 e. The Hall–Kier alpha value is -2.67. The van der Waals surface area contributed by atoms with Crippen molar-refractivity contribution in [1.82, 2.24) is 9.97 Å². The van der Waals surface area contributed by atoms with E-state index in [2.05, 4.69) is 15.3 Å². The molecule has 2 aromatic rings. The highest BCUT2D eigenvalue weighted by atomic mass is 16.5. The van der Waals surface area contributed by atoms with Crippen LogP contribution in [0.3, 0.4) is 0 Å². The van der Waals surface area contributed by atoms with E-state index in [1.54, 1.807) is 7.11 Å². The van der Waals surface area contributed by atoms with Crippen molar-refractivity contribution < 1.29 is 9.47 Å². The molecule has 0 aliphatic carbocycles. The van der Waals surface area contributed by atoms with Crippen LogP contribution in [0.2, 0.25) is 0 Å². The van der Waals surface area contributed by atoms with Gasteiger partial charge in [-0.1, -0.05) is 18.2 Å². The van der Waals surface area contributed by atoms with Crippen LogP contribution in [0.5, 0.6) is 5.75 Å². The van der Waals surface area contributed by atoms with Crippen LogP contribution in [0.4, 0.5) is 5.82 Å². The molecule has 25 heavy (non-hydrogen) atoms. The maximum Gasteiger partial charge on any atom is 0.261 e. The largest absolute Gasteiger partial charge is 0.496 e. The number of aromatic nitrogens is 2. The Morgan fingerprint density at radius 1 is 1.48 bits per heavy atom. The zero-order valence-electron chi connectivity index (χ0n) is 14.2. The van der Waals surface area contributed by atoms with E-state index in [1.807, 2.05) is 24.3 Å². The average Bonchev–Trinajstić information content (AvgIpc) is 2.63. The first kappa shape index (κ1) is 17.2. The van der Waals surface area contributed by atoms with E-state index in [0.29, 0.717) is 24.7 Å². The maximum atomic E-state index is 12.3. The van der Waals surface area contributed by atoms with Gasteiger partial charge in [0.1, 0.15) is 17.4 Å². The van der Waals surface area contributed by atoms with Crippen LogP contribution in [-0.2, 0) is 11.2 Å². The first-order chi connectivity index (χ1) is 12.2. The third kappa shape index (κ3) is 4.06. The molecule has 1 aromatic carbocycles. The fourth-order valence-corrected chi connectivity index (χ4v) is 2.93. The molecule has 0 saturated carbocycles. The lowest BCUT2D eigenvalue weighted by Gasteiger charge is -2.24. The molecule has 0 radical (unpaired) electrons. The van der Waals surface area contributed by atoms with Gasteiger partial charge in [0.05, 0.1) is 25.3 Å². The van der Waals surface area contributed by atoms with Gasteiger partial charge in [-0.15, -0.1) is 0 Å². The summed E-state index contributed by atoms with van der Waals surface area (Å²) in [6, 6.07) is 7.72. The number of benzene rings is 1. The first-order valence-electron chi connectivity index (χ1n) is 8.31. The van der Waals surface area contributed by atoms with Crippen molar-refractivity contribution in [2.24, 2.45) is 0 Å². The highest BCUT2D eigenvalue weighted by molar-refractivity contribution is 5.83. The summed E-state index contributed by atoms with van der Waals surface area (Å²) in [6.07, 6.45) is 3.39. The van der Waals surface area contributed by atoms with Gasteiger partial charge in [0.25, 0.3) is 5.56 Å². The lowest BCUT2D eigenvalue weighted by Crippen LogP contribution is -2.32. The summed E-state index contributed by atoms with van der Waals surface area (Å²) >= 11 is 0. The van der Waals surface area contributed by atoms with Gasteiger partial charge in [-0.05, 0) is 18.9 Å². The molecular weight excluding hydrogens is 320 g/mol. The normalized spacial score (nSPS) is 17.1. The van der Waals surface area contributed by atoms with Gasteiger partial charge in [-0.2, -0.15) is 0 Å². The molecule has 1 atom stereocenters. The van der Waals surface area contributed by atoms with Gasteiger partial charge in [0.2, 0.25) is 0 Å². The second kappa shape index (κ2) is 7.94. The number of ether oxygens (including phenoxy) is 2. The quantitative estimate of drug-likeness (QED) is 0.697. The first-order valence-corrected chi connectivity index (χ1v) is 8.31. The van der Waals surface area contributed by atoms with Crippen molar-refractivity contribution in [3.63, 3.8) is 0 Å². The van der Waals surface area contributed by atoms with Gasteiger partial charge in [-0.25, -0.2) is 4.98 Å². The standard InChI is InChI=1S/C18H22N4O3/c1-24-15-7-3-2-5-12(15)9-16-21-17(14(10-19)18(23)22-16)20-13-6-4-8-25-11-13/h2-3,5,7,10,13,19H,4,6,8-9,11H2,1H3,(H2,20,21,22,23). The van der Waals surface area contributed by atoms with Crippen LogP contribution in [0, 0.1) is 5.41 Å². The zero-order valence-corrected chi connectivity index (χ0v) is 14.2. The van der Waals surface area contributed by atoms with Crippen LogP contribution in [-0.4, -0.2) is 42.5 Å². The number of nitrogens with zero attached hydrogens (tertiary/aromatic N) is 1. The van der Waals surface area contributed by atoms with Crippen molar-refractivity contribution in [3.05, 3.63) is 51.6 Å². The Kier molecular flexibility index (Phi) is 5.45. The van der Waals surface area contributed by atoms with E-state index in [-0.39, 0.29) is 17.2 Å². The van der Waals surface area contributed by atoms with Crippen LogP contribution >= 0.6 is 0 Å². The van der Waals surface area contributed by atoms with Gasteiger partial charge >= 0.3 is 0 Å². The molecule has 2 heterocycles. The molecule has 0 spiro atoms. The lowest BCUT2D eigenvalue weighted by atomic mass is 10.1. The minimum absolute atomic E-state index is 0.0980. The SMILES string of the molecule is COc1ccccc1Cc1nc(NC2CCCOC2)c(C=N)c(=O)[nH]1. The van der Waals surface area contributed by atoms with Crippen LogP contribution in [0.1, 0.15) is 29.8 Å². The number of aromatic amines is 1. The summed E-state index contributed by atoms with van der Waals surface area (Å²) in [5, 5.41) is 10.8. The molecule has 3 N–H and O–H groups in total. The molecule has 1 aromatic heterocycles. The van der Waals surface area contributed by atoms with Gasteiger partial charge < -0.3 is 25.2 Å². The fourth-order valence-electron chi connectivity index (χ4n) is 2.93. The number of hydrogen-bond donors (Lipinski definition) is 3. The van der Waals surface area contributed by atoms with Gasteiger partial charge in [-0.3, -0.25) is 4.79 Å². The highest BCUT2D eigenvalue weighted by Gasteiger charge is 2.18. The summed E-state index contributed by atoms with van der Waals surface area (Å²) in [6.45, 7) is 1.34. The molecule has 7 heteroatoms. The summed E-state index contributed by atoms with van der Waals surface area (Å²) in [4.78, 5) is 19.6. The monoisotopic (exact) mass is 342 g/mol. The molecular formula is C18H22N4O3. The van der Waals surface area contributed by atoms with Crippen molar-refractivity contribution in [2.45, 2.75) is 25.3 Å². The van der Waals surface area contributed by atoms with Crippen LogP contribution < -0.4 is 15.6 Å². The summed E-state index contributed by atoms with van der Waals surface area (Å²) < 4.78 is 10.8. The van der Waals surface area contributed by atoms with Crippen LogP contribution in [0.15, 0.2) is 29.1 Å². The number of nitrogens with one attached hydrogen (secondary N) is 3. The van der Waals surface area contributed by atoms with E-state index >= 15 is 0 Å². The number of methoxy groups -OCH3 is 1. The second-order valence-electron chi connectivity index (χ2n) is 5.97. The topological polar surface area (TPSA) is 100 Å². The summed E-state index contributed by atoms with van der Waals surface area (Å²) in [7, 11) is 1.61. The van der Waals surface area contributed by atoms with E-state index in [0.717, 1.165) is 37.0 Å². The number of rotatable bonds is 6. The molecule has 0 amide bonds. The predicted octanol–water partition coefficient (Wildman–Crippen LogP) is 1.96. The van der Waals surface area contributed by atoms with Crippen molar-refractivity contribution in [1.29, 1.82) is 5.41 Å². The van der Waals surface area contributed by atoms with E-state index in [4.69, 9.17) is 14.9 Å². The summed E-state index contributed by atoms with van der Waals surface area (Å²) in [5.74, 6) is 1.70. The Morgan fingerprint density at radius 3 is 3.04 bits per heavy atom. The average molecular weight is 342 g/mol. The van der Waals surface area contributed by atoms with E-state index < -0.39 is 0 Å². The predicted molar refractivity (Wildman–Crippen MR) is 96.0 cm³/mol. The van der Waals surface area contributed by atoms with Crippen molar-refractivity contribution in [3.8, 4) is 5.75 Å². The fraction of sp³-hybridized carbons (Fsp3) is 0.389. The van der Waals surface area contributed by atoms with Crippen LogP contribution in [0.25, 0.3) is 0 Å². The molecule has 0 bridgehead atoms. The molecule has 1 fully saturated rings. The molecule has 1 aliphatic heterocycles. The minimum atomic E-state index is -0.325. The number of anilines is 1. The third-order valence-electron chi connectivity index (χ3n) is 4.20. The Labute approximate surface area is 145 Å². The zero-order chi connectivity index (χ0) is 17.6. The second-order valence-corrected chi connectivity index (χ2v) is 5.97. The number of para-hydroxylation sites is 1. The minimum Gasteiger partial charge on any atom is -0.496 e. The molecule has 1 unspecified atom stereocenters. The molecule has 1 saturated heterocycles. The molecule has 7 nitrogen and oxygen atoms in total. The Morgan fingerprint density at radius 2 is 2.32 bits per heavy atom. The van der Waals surface area contributed by atoms with E-state index in [9.17, 15) is 4.79 Å². The highest BCUT2D eigenvalue weighted by Crippen LogP contribution is 2.20. The van der Waals surface area contributed by atoms with Crippen molar-refractivity contribution >= 4 is 12.0 Å². The molecule has 132 valence electrons. The maximum absolute atomic E-state index is 12.3. The summed E-state index contributed by atoms with van der Waals surface area (Å²) in [5.41, 5.74) is 0.839. The number of hydrogen-bond acceptors (Lipinski definition) is 6. The lowest BCUT2D eigenvalue weighted by molar-refractivity contribution is 0.0875. The van der Waals surface area contributed by atoms with Crippen molar-refractivity contribution in [2.75, 3.05) is 25.6 Å². The number of H-pyrrole nitrogens is 1. The Balaban J connectivity index is 1.89. The Bertz CT molecular complexity index is 797. The molecule has 1 aliphatic rings. The van der Waals surface area contributed by atoms with Gasteiger partial charge in [0, 0.05) is 24.8 Å². The molecule has 3 rings (SSSR count).